The molecule has 18 heavy (non-hydrogen) atoms. The van der Waals surface area contributed by atoms with Gasteiger partial charge in [-0.15, -0.1) is 11.6 Å². The zero-order valence-electron chi connectivity index (χ0n) is 10.00. The summed E-state index contributed by atoms with van der Waals surface area (Å²) < 4.78 is 17.8. The molecule has 0 spiro atoms. The van der Waals surface area contributed by atoms with Crippen molar-refractivity contribution in [3.63, 3.8) is 0 Å². The molecule has 1 amide bonds. The van der Waals surface area contributed by atoms with Crippen LogP contribution in [0.25, 0.3) is 0 Å². The van der Waals surface area contributed by atoms with Gasteiger partial charge in [-0.2, -0.15) is 0 Å². The molecule has 0 aliphatic heterocycles. The van der Waals surface area contributed by atoms with Crippen molar-refractivity contribution < 1.29 is 18.7 Å². The first-order chi connectivity index (χ1) is 8.49. The lowest BCUT2D eigenvalue weighted by Crippen LogP contribution is -2.21. The Balaban J connectivity index is 2.92. The van der Waals surface area contributed by atoms with E-state index < -0.39 is 11.8 Å². The number of methoxy groups -OCH3 is 1. The lowest BCUT2D eigenvalue weighted by Gasteiger charge is -2.10. The van der Waals surface area contributed by atoms with Gasteiger partial charge in [0.2, 0.25) is 5.91 Å². The summed E-state index contributed by atoms with van der Waals surface area (Å²) in [6.07, 6.45) is 0. The molecule has 1 N–H and O–H groups in total. The minimum atomic E-state index is -0.797. The molecule has 1 aromatic rings. The molecule has 0 aliphatic rings. The van der Waals surface area contributed by atoms with Gasteiger partial charge in [0.25, 0.3) is 0 Å². The van der Waals surface area contributed by atoms with Crippen LogP contribution in [0.4, 0.5) is 10.1 Å². The number of hydrogen-bond acceptors (Lipinski definition) is 3. The standard InChI is InChI=1S/C12H13ClFNO3/c1-7(6-13)11(16)15-8-3-4-10(14)9(5-8)12(17)18-2/h3-5,7H,6H2,1-2H3,(H,15,16). The number of esters is 1. The van der Waals surface area contributed by atoms with Gasteiger partial charge in [-0.1, -0.05) is 6.92 Å². The fourth-order valence-electron chi connectivity index (χ4n) is 1.20. The number of amides is 1. The second-order valence-electron chi connectivity index (χ2n) is 3.73. The third-order valence-corrected chi connectivity index (χ3v) is 2.78. The average molecular weight is 274 g/mol. The van der Waals surface area contributed by atoms with Crippen LogP contribution in [0.15, 0.2) is 18.2 Å². The zero-order chi connectivity index (χ0) is 13.7. The molecule has 1 unspecified atom stereocenters. The van der Waals surface area contributed by atoms with E-state index in [0.29, 0.717) is 5.69 Å². The number of halogens is 2. The molecular formula is C12H13ClFNO3. The summed E-state index contributed by atoms with van der Waals surface area (Å²) in [6.45, 7) is 1.66. The van der Waals surface area contributed by atoms with Crippen LogP contribution in [0, 0.1) is 11.7 Å². The summed E-state index contributed by atoms with van der Waals surface area (Å²) in [4.78, 5) is 22.8. The van der Waals surface area contributed by atoms with Crippen molar-refractivity contribution in [3.8, 4) is 0 Å². The number of rotatable bonds is 4. The monoisotopic (exact) mass is 273 g/mol. The molecule has 1 aromatic carbocycles. The highest BCUT2D eigenvalue weighted by molar-refractivity contribution is 6.19. The second-order valence-corrected chi connectivity index (χ2v) is 4.04. The van der Waals surface area contributed by atoms with Gasteiger partial charge in [0.15, 0.2) is 0 Å². The van der Waals surface area contributed by atoms with Crippen LogP contribution in [0.2, 0.25) is 0 Å². The van der Waals surface area contributed by atoms with Crippen molar-refractivity contribution in [2.24, 2.45) is 5.92 Å². The number of nitrogens with one attached hydrogen (secondary N) is 1. The van der Waals surface area contributed by atoms with E-state index in [4.69, 9.17) is 11.6 Å². The van der Waals surface area contributed by atoms with E-state index in [1.807, 2.05) is 0 Å². The van der Waals surface area contributed by atoms with E-state index in [1.54, 1.807) is 6.92 Å². The van der Waals surface area contributed by atoms with Crippen LogP contribution >= 0.6 is 11.6 Å². The molecule has 0 aromatic heterocycles. The number of ether oxygens (including phenoxy) is 1. The summed E-state index contributed by atoms with van der Waals surface area (Å²) in [5.74, 6) is -2.00. The average Bonchev–Trinajstić information content (AvgIpc) is 2.38. The first kappa shape index (κ1) is 14.4. The number of anilines is 1. The fourth-order valence-corrected chi connectivity index (χ4v) is 1.35. The minimum Gasteiger partial charge on any atom is -0.465 e. The Morgan fingerprint density at radius 2 is 2.17 bits per heavy atom. The molecule has 0 fully saturated rings. The number of hydrogen-bond donors (Lipinski definition) is 1. The van der Waals surface area contributed by atoms with Crippen molar-refractivity contribution in [3.05, 3.63) is 29.6 Å². The normalized spacial score (nSPS) is 11.8. The van der Waals surface area contributed by atoms with Crippen molar-refractivity contribution in [2.75, 3.05) is 18.3 Å². The number of benzene rings is 1. The molecule has 0 aliphatic carbocycles. The van der Waals surface area contributed by atoms with Crippen molar-refractivity contribution >= 4 is 29.2 Å². The predicted molar refractivity (Wildman–Crippen MR) is 66.3 cm³/mol. The lowest BCUT2D eigenvalue weighted by molar-refractivity contribution is -0.118. The molecule has 1 atom stereocenters. The molecule has 6 heteroatoms. The Morgan fingerprint density at radius 1 is 1.50 bits per heavy atom. The van der Waals surface area contributed by atoms with E-state index in [1.165, 1.54) is 12.1 Å². The van der Waals surface area contributed by atoms with Crippen LogP contribution in [0.5, 0.6) is 0 Å². The van der Waals surface area contributed by atoms with Crippen molar-refractivity contribution in [1.82, 2.24) is 0 Å². The highest BCUT2D eigenvalue weighted by Crippen LogP contribution is 2.16. The van der Waals surface area contributed by atoms with Crippen molar-refractivity contribution in [1.29, 1.82) is 0 Å². The van der Waals surface area contributed by atoms with Crippen LogP contribution in [-0.2, 0) is 9.53 Å². The summed E-state index contributed by atoms with van der Waals surface area (Å²) in [5, 5.41) is 2.54. The maximum Gasteiger partial charge on any atom is 0.340 e. The quantitative estimate of drug-likeness (QED) is 0.677. The second kappa shape index (κ2) is 6.35. The maximum absolute atomic E-state index is 13.3. The summed E-state index contributed by atoms with van der Waals surface area (Å²) in [5.41, 5.74) is 0.0904. The van der Waals surface area contributed by atoms with Gasteiger partial charge in [0, 0.05) is 17.5 Å². The molecule has 0 saturated carbocycles. The topological polar surface area (TPSA) is 55.4 Å². The maximum atomic E-state index is 13.3. The van der Waals surface area contributed by atoms with Crippen LogP contribution < -0.4 is 5.32 Å². The third kappa shape index (κ3) is 3.43. The Labute approximate surface area is 109 Å². The first-order valence-electron chi connectivity index (χ1n) is 5.24. The van der Waals surface area contributed by atoms with Gasteiger partial charge in [-0.3, -0.25) is 4.79 Å². The smallest absolute Gasteiger partial charge is 0.340 e. The predicted octanol–water partition coefficient (Wildman–Crippen LogP) is 2.43. The van der Waals surface area contributed by atoms with Gasteiger partial charge in [-0.05, 0) is 18.2 Å². The Kier molecular flexibility index (Phi) is 5.09. The number of carbonyl (C=O) groups excluding carboxylic acids is 2. The summed E-state index contributed by atoms with van der Waals surface area (Å²) in [7, 11) is 1.16. The highest BCUT2D eigenvalue weighted by Gasteiger charge is 2.15. The van der Waals surface area contributed by atoms with Crippen LogP contribution in [-0.4, -0.2) is 24.9 Å². The lowest BCUT2D eigenvalue weighted by atomic mass is 10.1. The molecule has 98 valence electrons. The highest BCUT2D eigenvalue weighted by atomic mass is 35.5. The van der Waals surface area contributed by atoms with Crippen LogP contribution in [0.3, 0.4) is 0 Å². The van der Waals surface area contributed by atoms with E-state index in [9.17, 15) is 14.0 Å². The van der Waals surface area contributed by atoms with E-state index in [0.717, 1.165) is 13.2 Å². The van der Waals surface area contributed by atoms with Gasteiger partial charge in [-0.25, -0.2) is 9.18 Å². The molecule has 1 rings (SSSR count). The minimum absolute atomic E-state index is 0.177. The van der Waals surface area contributed by atoms with Crippen molar-refractivity contribution in [2.45, 2.75) is 6.92 Å². The molecule has 0 bridgehead atoms. The zero-order valence-corrected chi connectivity index (χ0v) is 10.8. The van der Waals surface area contributed by atoms with E-state index >= 15 is 0 Å². The number of carbonyl (C=O) groups is 2. The SMILES string of the molecule is COC(=O)c1cc(NC(=O)C(C)CCl)ccc1F. The van der Waals surface area contributed by atoms with Gasteiger partial charge in [0.05, 0.1) is 12.7 Å². The number of alkyl halides is 1. The summed E-state index contributed by atoms with van der Waals surface area (Å²) in [6, 6.07) is 3.67. The molecule has 0 radical (unpaired) electrons. The molecule has 4 nitrogen and oxygen atoms in total. The van der Waals surface area contributed by atoms with Crippen LogP contribution in [0.1, 0.15) is 17.3 Å². The first-order valence-corrected chi connectivity index (χ1v) is 5.77. The van der Waals surface area contributed by atoms with Gasteiger partial charge < -0.3 is 10.1 Å². The Hall–Kier alpha value is -1.62. The molecular weight excluding hydrogens is 261 g/mol. The summed E-state index contributed by atoms with van der Waals surface area (Å²) >= 11 is 5.55. The van der Waals surface area contributed by atoms with E-state index in [-0.39, 0.29) is 23.3 Å². The van der Waals surface area contributed by atoms with Gasteiger partial charge >= 0.3 is 5.97 Å². The Bertz CT molecular complexity index is 465. The molecule has 0 saturated heterocycles. The van der Waals surface area contributed by atoms with E-state index in [2.05, 4.69) is 10.1 Å². The van der Waals surface area contributed by atoms with Gasteiger partial charge in [0.1, 0.15) is 5.82 Å². The molecule has 0 heterocycles. The Morgan fingerprint density at radius 3 is 2.72 bits per heavy atom. The largest absolute Gasteiger partial charge is 0.465 e. The third-order valence-electron chi connectivity index (χ3n) is 2.32. The fraction of sp³-hybridized carbons (Fsp3) is 0.333.